The molecule has 0 unspecified atom stereocenters. The molecule has 1 aromatic rings. The normalized spacial score (nSPS) is 23.8. The molecule has 5 nitrogen and oxygen atoms in total. The van der Waals surface area contributed by atoms with Crippen LogP contribution in [0.1, 0.15) is 63.4 Å². The highest BCUT2D eigenvalue weighted by Gasteiger charge is 2.28. The van der Waals surface area contributed by atoms with Crippen LogP contribution in [-0.4, -0.2) is 50.7 Å². The predicted molar refractivity (Wildman–Crippen MR) is 117 cm³/mol. The second-order valence-electron chi connectivity index (χ2n) is 9.09. The second kappa shape index (κ2) is 10.1. The molecule has 29 heavy (non-hydrogen) atoms. The zero-order valence-electron chi connectivity index (χ0n) is 17.9. The lowest BCUT2D eigenvalue weighted by molar-refractivity contribution is -0.123. The van der Waals surface area contributed by atoms with E-state index in [1.807, 2.05) is 13.0 Å². The number of benzene rings is 1. The Labute approximate surface area is 176 Å². The molecule has 0 saturated heterocycles. The number of nitrogens with zero attached hydrogens (tertiary/aromatic N) is 1. The van der Waals surface area contributed by atoms with Crippen molar-refractivity contribution in [1.82, 2.24) is 10.2 Å². The van der Waals surface area contributed by atoms with Gasteiger partial charge in [-0.05, 0) is 76.1 Å². The molecule has 0 spiro atoms. The van der Waals surface area contributed by atoms with Gasteiger partial charge in [0.1, 0.15) is 0 Å². The Morgan fingerprint density at radius 1 is 1.07 bits per heavy atom. The molecule has 0 radical (unpaired) electrons. The van der Waals surface area contributed by atoms with Crippen LogP contribution in [0.5, 0.6) is 0 Å². The summed E-state index contributed by atoms with van der Waals surface area (Å²) in [5, 5.41) is 3.18. The molecule has 6 heteroatoms. The highest BCUT2D eigenvalue weighted by Crippen LogP contribution is 2.28. The Morgan fingerprint density at radius 2 is 1.76 bits per heavy atom. The fourth-order valence-electron chi connectivity index (χ4n) is 4.84. The second-order valence-corrected chi connectivity index (χ2v) is 11.1. The van der Waals surface area contributed by atoms with Crippen molar-refractivity contribution >= 4 is 15.7 Å². The van der Waals surface area contributed by atoms with Gasteiger partial charge in [-0.1, -0.05) is 31.4 Å². The predicted octanol–water partition coefficient (Wildman–Crippen LogP) is 3.71. The number of sulfone groups is 1. The van der Waals surface area contributed by atoms with E-state index < -0.39 is 9.84 Å². The molecule has 0 aliphatic heterocycles. The summed E-state index contributed by atoms with van der Waals surface area (Å²) < 4.78 is 25.4. The summed E-state index contributed by atoms with van der Waals surface area (Å²) in [5.41, 5.74) is 0.968. The number of amides is 1. The van der Waals surface area contributed by atoms with Gasteiger partial charge in [0.2, 0.25) is 5.91 Å². The van der Waals surface area contributed by atoms with Crippen LogP contribution in [0.4, 0.5) is 0 Å². The van der Waals surface area contributed by atoms with Crippen molar-refractivity contribution in [2.75, 3.05) is 19.3 Å². The minimum atomic E-state index is -3.25. The highest BCUT2D eigenvalue weighted by atomic mass is 32.2. The fourth-order valence-corrected chi connectivity index (χ4v) is 6.64. The van der Waals surface area contributed by atoms with Crippen LogP contribution in [0.15, 0.2) is 29.2 Å². The molecule has 2 aliphatic rings. The molecular weight excluding hydrogens is 384 g/mol. The minimum Gasteiger partial charge on any atom is -0.352 e. The summed E-state index contributed by atoms with van der Waals surface area (Å²) in [5.74, 6) is 0.495. The highest BCUT2D eigenvalue weighted by molar-refractivity contribution is 7.91. The maximum absolute atomic E-state index is 12.7. The summed E-state index contributed by atoms with van der Waals surface area (Å²) in [6, 6.07) is 7.88. The van der Waals surface area contributed by atoms with E-state index in [0.29, 0.717) is 17.5 Å². The Kier molecular flexibility index (Phi) is 7.74. The molecule has 162 valence electrons. The van der Waals surface area contributed by atoms with Crippen molar-refractivity contribution in [3.8, 4) is 0 Å². The maximum atomic E-state index is 12.7. The molecule has 1 N–H and O–H groups in total. The molecule has 1 amide bonds. The summed E-state index contributed by atoms with van der Waals surface area (Å²) in [4.78, 5) is 15.1. The van der Waals surface area contributed by atoms with Crippen LogP contribution < -0.4 is 5.32 Å². The summed E-state index contributed by atoms with van der Waals surface area (Å²) in [6.45, 7) is 2.38. The Morgan fingerprint density at radius 3 is 2.41 bits per heavy atom. The average molecular weight is 421 g/mol. The van der Waals surface area contributed by atoms with E-state index in [4.69, 9.17) is 0 Å². The van der Waals surface area contributed by atoms with Crippen molar-refractivity contribution in [3.63, 3.8) is 0 Å². The number of likely N-dealkylation sites (N-methyl/N-ethyl adjacent to an activating group) is 1. The zero-order chi connectivity index (χ0) is 20.9. The van der Waals surface area contributed by atoms with Gasteiger partial charge in [-0.25, -0.2) is 8.42 Å². The number of hydrogen-bond donors (Lipinski definition) is 1. The third-order valence-electron chi connectivity index (χ3n) is 6.61. The molecule has 2 aliphatic carbocycles. The van der Waals surface area contributed by atoms with Crippen molar-refractivity contribution in [2.24, 2.45) is 5.92 Å². The monoisotopic (exact) mass is 420 g/mol. The Hall–Kier alpha value is -1.40. The van der Waals surface area contributed by atoms with Crippen molar-refractivity contribution < 1.29 is 13.2 Å². The molecule has 0 bridgehead atoms. The quantitative estimate of drug-likeness (QED) is 0.730. The average Bonchev–Trinajstić information content (AvgIpc) is 2.70. The number of hydrogen-bond acceptors (Lipinski definition) is 4. The third-order valence-corrected chi connectivity index (χ3v) is 8.49. The first-order chi connectivity index (χ1) is 13.8. The van der Waals surface area contributed by atoms with Gasteiger partial charge in [0.05, 0.1) is 17.2 Å². The maximum Gasteiger partial charge on any atom is 0.234 e. The number of aryl methyl sites for hydroxylation is 1. The number of carbonyl (C=O) groups excluding carboxylic acids is 1. The number of carbonyl (C=O) groups is 1. The zero-order valence-corrected chi connectivity index (χ0v) is 18.7. The van der Waals surface area contributed by atoms with Crippen molar-refractivity contribution in [3.05, 3.63) is 29.8 Å². The molecule has 0 atom stereocenters. The van der Waals surface area contributed by atoms with E-state index >= 15 is 0 Å². The standard InChI is InChI=1S/C23H36N2O3S/c1-18-7-6-10-22(15-18)29(27,28)17-19-11-13-20(14-12-19)24-23(26)16-25(2)21-8-4-3-5-9-21/h6-7,10,15,19-21H,3-5,8-9,11-14,16-17H2,1-2H3,(H,24,26). The van der Waals surface area contributed by atoms with E-state index in [-0.39, 0.29) is 23.6 Å². The van der Waals surface area contributed by atoms with Crippen molar-refractivity contribution in [1.29, 1.82) is 0 Å². The molecular formula is C23H36N2O3S. The van der Waals surface area contributed by atoms with Gasteiger partial charge in [-0.15, -0.1) is 0 Å². The number of nitrogens with one attached hydrogen (secondary N) is 1. The van der Waals surface area contributed by atoms with E-state index in [0.717, 1.165) is 31.2 Å². The number of rotatable bonds is 7. The van der Waals surface area contributed by atoms with Crippen LogP contribution in [0.2, 0.25) is 0 Å². The molecule has 2 fully saturated rings. The first kappa shape index (κ1) is 22.3. The molecule has 3 rings (SSSR count). The van der Waals surface area contributed by atoms with Crippen LogP contribution in [0, 0.1) is 12.8 Å². The molecule has 1 aromatic carbocycles. The van der Waals surface area contributed by atoms with Crippen molar-refractivity contribution in [2.45, 2.75) is 81.7 Å². The van der Waals surface area contributed by atoms with Gasteiger partial charge < -0.3 is 5.32 Å². The third kappa shape index (κ3) is 6.54. The van der Waals surface area contributed by atoms with Gasteiger partial charge in [0, 0.05) is 12.1 Å². The van der Waals surface area contributed by atoms with Gasteiger partial charge >= 0.3 is 0 Å². The molecule has 0 heterocycles. The van der Waals surface area contributed by atoms with E-state index in [1.54, 1.807) is 18.2 Å². The van der Waals surface area contributed by atoms with Gasteiger partial charge in [0.25, 0.3) is 0 Å². The fraction of sp³-hybridized carbons (Fsp3) is 0.696. The lowest BCUT2D eigenvalue weighted by Gasteiger charge is -2.32. The van der Waals surface area contributed by atoms with E-state index in [1.165, 1.54) is 32.1 Å². The van der Waals surface area contributed by atoms with Crippen LogP contribution in [-0.2, 0) is 14.6 Å². The molecule has 2 saturated carbocycles. The van der Waals surface area contributed by atoms with Crippen LogP contribution >= 0.6 is 0 Å². The topological polar surface area (TPSA) is 66.5 Å². The smallest absolute Gasteiger partial charge is 0.234 e. The SMILES string of the molecule is Cc1cccc(S(=O)(=O)CC2CCC(NC(=O)CN(C)C3CCCCC3)CC2)c1. The van der Waals surface area contributed by atoms with Gasteiger partial charge in [-0.3, -0.25) is 9.69 Å². The Balaban J connectivity index is 1.42. The first-order valence-corrected chi connectivity index (χ1v) is 12.8. The summed E-state index contributed by atoms with van der Waals surface area (Å²) >= 11 is 0. The van der Waals surface area contributed by atoms with Gasteiger partial charge in [-0.2, -0.15) is 0 Å². The lowest BCUT2D eigenvalue weighted by atomic mass is 9.87. The Bertz CT molecular complexity index is 779. The van der Waals surface area contributed by atoms with Crippen LogP contribution in [0.3, 0.4) is 0 Å². The lowest BCUT2D eigenvalue weighted by Crippen LogP contribution is -2.45. The minimum absolute atomic E-state index is 0.105. The van der Waals surface area contributed by atoms with E-state index in [2.05, 4.69) is 17.3 Å². The summed E-state index contributed by atoms with van der Waals surface area (Å²) in [6.07, 6.45) is 9.70. The van der Waals surface area contributed by atoms with E-state index in [9.17, 15) is 13.2 Å². The summed E-state index contributed by atoms with van der Waals surface area (Å²) in [7, 11) is -1.19. The molecule has 0 aromatic heterocycles. The van der Waals surface area contributed by atoms with Crippen LogP contribution in [0.25, 0.3) is 0 Å². The first-order valence-electron chi connectivity index (χ1n) is 11.1. The van der Waals surface area contributed by atoms with Gasteiger partial charge in [0.15, 0.2) is 9.84 Å². The largest absolute Gasteiger partial charge is 0.352 e.